The van der Waals surface area contributed by atoms with Crippen molar-refractivity contribution in [3.8, 4) is 0 Å². The van der Waals surface area contributed by atoms with Crippen molar-refractivity contribution in [2.24, 2.45) is 0 Å². The van der Waals surface area contributed by atoms with Crippen molar-refractivity contribution in [1.29, 1.82) is 0 Å². The second-order valence-corrected chi connectivity index (χ2v) is 6.13. The number of β-amino-alcohol motifs (C(OH)–C–C–N with tert-alkyl or cyclic N) is 1. The summed E-state index contributed by atoms with van der Waals surface area (Å²) in [7, 11) is 0. The fraction of sp³-hybridized carbons (Fsp3) is 0.667. The molecule has 1 aliphatic heterocycles. The number of imidazole rings is 1. The topological polar surface area (TPSA) is 98.3 Å². The molecule has 1 aromatic rings. The third kappa shape index (κ3) is 3.14. The molecule has 0 unspecified atom stereocenters. The summed E-state index contributed by atoms with van der Waals surface area (Å²) < 4.78 is 0. The SMILES string of the molecule is O=C(NC1CCCCC1)c1nc[nH]c1C(=O)N1CC[C@H](O)C1. The fourth-order valence-electron chi connectivity index (χ4n) is 3.21. The van der Waals surface area contributed by atoms with Crippen LogP contribution in [0, 0.1) is 0 Å². The van der Waals surface area contributed by atoms with Gasteiger partial charge in [0.25, 0.3) is 11.8 Å². The molecule has 1 atom stereocenters. The molecule has 2 heterocycles. The molecule has 2 aliphatic rings. The van der Waals surface area contributed by atoms with Crippen LogP contribution in [0.3, 0.4) is 0 Å². The van der Waals surface area contributed by atoms with Gasteiger partial charge in [0, 0.05) is 19.1 Å². The number of aromatic amines is 1. The minimum atomic E-state index is -0.480. The van der Waals surface area contributed by atoms with Crippen LogP contribution < -0.4 is 5.32 Å². The zero-order valence-electron chi connectivity index (χ0n) is 12.5. The summed E-state index contributed by atoms with van der Waals surface area (Å²) in [5.41, 5.74) is 0.361. The van der Waals surface area contributed by atoms with Gasteiger partial charge in [0.05, 0.1) is 12.4 Å². The van der Waals surface area contributed by atoms with E-state index in [0.717, 1.165) is 25.7 Å². The molecule has 3 N–H and O–H groups in total. The van der Waals surface area contributed by atoms with Gasteiger partial charge in [-0.05, 0) is 19.3 Å². The highest BCUT2D eigenvalue weighted by Crippen LogP contribution is 2.19. The number of H-pyrrole nitrogens is 1. The van der Waals surface area contributed by atoms with Gasteiger partial charge in [-0.2, -0.15) is 0 Å². The van der Waals surface area contributed by atoms with Crippen molar-refractivity contribution >= 4 is 11.8 Å². The second-order valence-electron chi connectivity index (χ2n) is 6.13. The summed E-state index contributed by atoms with van der Waals surface area (Å²) in [6, 6.07) is 0.175. The Morgan fingerprint density at radius 1 is 1.27 bits per heavy atom. The van der Waals surface area contributed by atoms with Crippen molar-refractivity contribution < 1.29 is 14.7 Å². The molecule has 2 fully saturated rings. The van der Waals surface area contributed by atoms with Crippen molar-refractivity contribution in [3.63, 3.8) is 0 Å². The molecule has 7 nitrogen and oxygen atoms in total. The van der Waals surface area contributed by atoms with Crippen LogP contribution >= 0.6 is 0 Å². The highest BCUT2D eigenvalue weighted by atomic mass is 16.3. The number of aliphatic hydroxyl groups excluding tert-OH is 1. The average Bonchev–Trinajstić information content (AvgIpc) is 3.16. The van der Waals surface area contributed by atoms with Crippen LogP contribution in [-0.4, -0.2) is 57.0 Å². The summed E-state index contributed by atoms with van der Waals surface area (Å²) >= 11 is 0. The molecule has 1 saturated carbocycles. The number of nitrogens with zero attached hydrogens (tertiary/aromatic N) is 2. The van der Waals surface area contributed by atoms with Gasteiger partial charge in [0.1, 0.15) is 5.69 Å². The van der Waals surface area contributed by atoms with Gasteiger partial charge >= 0.3 is 0 Å². The monoisotopic (exact) mass is 306 g/mol. The first-order valence-corrected chi connectivity index (χ1v) is 7.96. The maximum Gasteiger partial charge on any atom is 0.272 e. The molecule has 0 spiro atoms. The van der Waals surface area contributed by atoms with Crippen molar-refractivity contribution in [3.05, 3.63) is 17.7 Å². The van der Waals surface area contributed by atoms with Crippen molar-refractivity contribution in [1.82, 2.24) is 20.2 Å². The van der Waals surface area contributed by atoms with E-state index in [0.29, 0.717) is 19.5 Å². The molecule has 2 amide bonds. The fourth-order valence-corrected chi connectivity index (χ4v) is 3.21. The van der Waals surface area contributed by atoms with Gasteiger partial charge in [-0.1, -0.05) is 19.3 Å². The standard InChI is InChI=1S/C15H22N4O3/c20-11-6-7-19(8-11)15(22)13-12(16-9-17-13)14(21)18-10-4-2-1-3-5-10/h9-11,20H,1-8H2,(H,16,17)(H,18,21)/t11-/m0/s1. The van der Waals surface area contributed by atoms with Gasteiger partial charge in [0.2, 0.25) is 0 Å². The van der Waals surface area contributed by atoms with Gasteiger partial charge in [-0.3, -0.25) is 9.59 Å². The Bertz CT molecular complexity index is 551. The summed E-state index contributed by atoms with van der Waals surface area (Å²) in [6.07, 6.45) is 6.90. The largest absolute Gasteiger partial charge is 0.391 e. The summed E-state index contributed by atoms with van der Waals surface area (Å²) in [5.74, 6) is -0.570. The van der Waals surface area contributed by atoms with Gasteiger partial charge in [0.15, 0.2) is 5.69 Å². The predicted molar refractivity (Wildman–Crippen MR) is 79.5 cm³/mol. The van der Waals surface area contributed by atoms with Crippen LogP contribution in [0.2, 0.25) is 0 Å². The van der Waals surface area contributed by atoms with E-state index in [2.05, 4.69) is 15.3 Å². The molecule has 7 heteroatoms. The highest BCUT2D eigenvalue weighted by Gasteiger charge is 2.30. The molecule has 3 rings (SSSR count). The van der Waals surface area contributed by atoms with E-state index in [9.17, 15) is 14.7 Å². The summed E-state index contributed by atoms with van der Waals surface area (Å²) in [4.78, 5) is 33.1. The number of hydrogen-bond acceptors (Lipinski definition) is 4. The molecule has 0 radical (unpaired) electrons. The maximum atomic E-state index is 12.4. The number of hydrogen-bond donors (Lipinski definition) is 3. The Labute approximate surface area is 129 Å². The zero-order chi connectivity index (χ0) is 15.5. The first kappa shape index (κ1) is 15.0. The summed E-state index contributed by atoms with van der Waals surface area (Å²) in [5, 5.41) is 12.5. The van der Waals surface area contributed by atoms with Crippen LogP contribution in [0.25, 0.3) is 0 Å². The van der Waals surface area contributed by atoms with Gasteiger partial charge in [-0.25, -0.2) is 4.98 Å². The van der Waals surface area contributed by atoms with E-state index in [1.54, 1.807) is 4.90 Å². The molecule has 1 aromatic heterocycles. The minimum absolute atomic E-state index is 0.150. The Morgan fingerprint density at radius 2 is 2.05 bits per heavy atom. The van der Waals surface area contributed by atoms with E-state index < -0.39 is 6.10 Å². The lowest BCUT2D eigenvalue weighted by Crippen LogP contribution is -2.38. The van der Waals surface area contributed by atoms with E-state index in [-0.39, 0.29) is 29.2 Å². The van der Waals surface area contributed by atoms with Gasteiger partial charge in [-0.15, -0.1) is 0 Å². The average molecular weight is 306 g/mol. The van der Waals surface area contributed by atoms with Crippen molar-refractivity contribution in [2.45, 2.75) is 50.7 Å². The Balaban J connectivity index is 1.68. The van der Waals surface area contributed by atoms with E-state index in [4.69, 9.17) is 0 Å². The lowest BCUT2D eigenvalue weighted by atomic mass is 9.95. The first-order valence-electron chi connectivity index (χ1n) is 7.96. The van der Waals surface area contributed by atoms with Crippen LogP contribution in [0.1, 0.15) is 59.5 Å². The number of rotatable bonds is 3. The molecule has 120 valence electrons. The third-order valence-corrected chi connectivity index (χ3v) is 4.46. The van der Waals surface area contributed by atoms with Crippen LogP contribution in [0.4, 0.5) is 0 Å². The predicted octanol–water partition coefficient (Wildman–Crippen LogP) is 0.679. The molecular formula is C15H22N4O3. The number of carbonyl (C=O) groups is 2. The number of aliphatic hydroxyl groups is 1. The molecule has 0 aromatic carbocycles. The van der Waals surface area contributed by atoms with E-state index in [1.807, 2.05) is 0 Å². The zero-order valence-corrected chi connectivity index (χ0v) is 12.5. The van der Waals surface area contributed by atoms with Crippen LogP contribution in [0.15, 0.2) is 6.33 Å². The number of likely N-dealkylation sites (tertiary alicyclic amines) is 1. The Morgan fingerprint density at radius 3 is 2.73 bits per heavy atom. The smallest absolute Gasteiger partial charge is 0.272 e. The maximum absolute atomic E-state index is 12.4. The number of amides is 2. The quantitative estimate of drug-likeness (QED) is 0.765. The number of nitrogens with one attached hydrogen (secondary N) is 2. The van der Waals surface area contributed by atoms with Crippen LogP contribution in [0.5, 0.6) is 0 Å². The lowest BCUT2D eigenvalue weighted by molar-refractivity contribution is 0.0752. The Kier molecular flexibility index (Phi) is 4.42. The summed E-state index contributed by atoms with van der Waals surface area (Å²) in [6.45, 7) is 0.810. The molecular weight excluding hydrogens is 284 g/mol. The third-order valence-electron chi connectivity index (χ3n) is 4.46. The van der Waals surface area contributed by atoms with Gasteiger partial charge < -0.3 is 20.3 Å². The normalized spacial score (nSPS) is 22.8. The first-order chi connectivity index (χ1) is 10.6. The minimum Gasteiger partial charge on any atom is -0.391 e. The van der Waals surface area contributed by atoms with E-state index in [1.165, 1.54) is 12.7 Å². The molecule has 1 aliphatic carbocycles. The van der Waals surface area contributed by atoms with Crippen LogP contribution in [-0.2, 0) is 0 Å². The second kappa shape index (κ2) is 6.48. The lowest BCUT2D eigenvalue weighted by Gasteiger charge is -2.22. The Hall–Kier alpha value is -1.89. The molecule has 22 heavy (non-hydrogen) atoms. The van der Waals surface area contributed by atoms with E-state index >= 15 is 0 Å². The van der Waals surface area contributed by atoms with Crippen molar-refractivity contribution in [2.75, 3.05) is 13.1 Å². The highest BCUT2D eigenvalue weighted by molar-refractivity contribution is 6.04. The molecule has 0 bridgehead atoms. The number of aromatic nitrogens is 2. The molecule has 1 saturated heterocycles. The number of carbonyl (C=O) groups excluding carboxylic acids is 2.